The Morgan fingerprint density at radius 2 is 1.94 bits per heavy atom. The average molecular weight is 223 g/mol. The van der Waals surface area contributed by atoms with Crippen molar-refractivity contribution in [3.05, 3.63) is 36.6 Å². The predicted octanol–water partition coefficient (Wildman–Crippen LogP) is 2.69. The van der Waals surface area contributed by atoms with E-state index in [1.807, 2.05) is 13.0 Å². The van der Waals surface area contributed by atoms with Crippen LogP contribution in [0.5, 0.6) is 0 Å². The lowest BCUT2D eigenvalue weighted by Gasteiger charge is -2.04. The molecule has 0 bridgehead atoms. The van der Waals surface area contributed by atoms with Crippen LogP contribution in [0.25, 0.3) is 0 Å². The van der Waals surface area contributed by atoms with Gasteiger partial charge in [-0.1, -0.05) is 24.8 Å². The highest BCUT2D eigenvalue weighted by atomic mass is 16.5. The summed E-state index contributed by atoms with van der Waals surface area (Å²) in [5, 5.41) is 0. The summed E-state index contributed by atoms with van der Waals surface area (Å²) in [7, 11) is 0. The molecule has 1 amide bonds. The van der Waals surface area contributed by atoms with Gasteiger partial charge in [-0.3, -0.25) is 4.79 Å². The summed E-state index contributed by atoms with van der Waals surface area (Å²) < 4.78 is 5.36. The second kappa shape index (κ2) is 8.77. The first-order chi connectivity index (χ1) is 7.52. The van der Waals surface area contributed by atoms with Crippen LogP contribution in [0.1, 0.15) is 32.6 Å². The van der Waals surface area contributed by atoms with Gasteiger partial charge in [0.25, 0.3) is 0 Å². The van der Waals surface area contributed by atoms with Gasteiger partial charge < -0.3 is 10.5 Å². The smallest absolute Gasteiger partial charge is 0.217 e. The number of nitrogens with two attached hydrogens (primary N) is 1. The van der Waals surface area contributed by atoms with Crippen molar-refractivity contribution in [2.45, 2.75) is 32.6 Å². The Morgan fingerprint density at radius 1 is 1.25 bits per heavy atom. The summed E-state index contributed by atoms with van der Waals surface area (Å²) in [6, 6.07) is 0. The molecule has 0 fully saturated rings. The first-order valence-corrected chi connectivity index (χ1v) is 5.46. The minimum atomic E-state index is -0.241. The van der Waals surface area contributed by atoms with Crippen molar-refractivity contribution in [1.29, 1.82) is 0 Å². The summed E-state index contributed by atoms with van der Waals surface area (Å²) >= 11 is 0. The van der Waals surface area contributed by atoms with Crippen LogP contribution in [0.4, 0.5) is 0 Å². The number of primary amides is 1. The number of hydrogen-bond donors (Lipinski definition) is 1. The molecule has 0 aliphatic rings. The molecule has 0 unspecified atom stereocenters. The zero-order chi connectivity index (χ0) is 12.4. The highest BCUT2D eigenvalue weighted by Crippen LogP contribution is 2.04. The maximum absolute atomic E-state index is 10.4. The van der Waals surface area contributed by atoms with E-state index in [0.717, 1.165) is 24.8 Å². The second-order valence-corrected chi connectivity index (χ2v) is 3.77. The summed E-state index contributed by atoms with van der Waals surface area (Å²) in [6.45, 7) is 10.0. The molecule has 0 radical (unpaired) electrons. The van der Waals surface area contributed by atoms with E-state index in [1.54, 1.807) is 6.08 Å². The molecule has 0 saturated carbocycles. The molecule has 2 N–H and O–H groups in total. The summed E-state index contributed by atoms with van der Waals surface area (Å²) in [6.07, 6.45) is 6.79. The van der Waals surface area contributed by atoms with E-state index in [1.165, 1.54) is 0 Å². The molecular weight excluding hydrogens is 202 g/mol. The van der Waals surface area contributed by atoms with Crippen molar-refractivity contribution in [3.63, 3.8) is 0 Å². The van der Waals surface area contributed by atoms with Gasteiger partial charge in [0.05, 0.1) is 6.61 Å². The SMILES string of the molecule is C=C(C)/C=C\C(=C)OCCCCCC(N)=O. The third kappa shape index (κ3) is 10.6. The molecule has 16 heavy (non-hydrogen) atoms. The van der Waals surface area contributed by atoms with Crippen LogP contribution in [-0.2, 0) is 9.53 Å². The van der Waals surface area contributed by atoms with E-state index >= 15 is 0 Å². The van der Waals surface area contributed by atoms with E-state index in [0.29, 0.717) is 18.8 Å². The zero-order valence-corrected chi connectivity index (χ0v) is 10.00. The van der Waals surface area contributed by atoms with Crippen molar-refractivity contribution in [2.24, 2.45) is 5.73 Å². The Morgan fingerprint density at radius 3 is 2.50 bits per heavy atom. The first kappa shape index (κ1) is 14.5. The van der Waals surface area contributed by atoms with E-state index in [4.69, 9.17) is 10.5 Å². The third-order valence-electron chi connectivity index (χ3n) is 1.91. The maximum atomic E-state index is 10.4. The fraction of sp³-hybridized carbons (Fsp3) is 0.462. The highest BCUT2D eigenvalue weighted by molar-refractivity contribution is 5.73. The first-order valence-electron chi connectivity index (χ1n) is 5.46. The molecule has 0 heterocycles. The van der Waals surface area contributed by atoms with Crippen LogP contribution in [0.15, 0.2) is 36.6 Å². The second-order valence-electron chi connectivity index (χ2n) is 3.77. The van der Waals surface area contributed by atoms with Gasteiger partial charge in [-0.2, -0.15) is 0 Å². The predicted molar refractivity (Wildman–Crippen MR) is 66.7 cm³/mol. The molecule has 0 saturated heterocycles. The van der Waals surface area contributed by atoms with Gasteiger partial charge in [0.1, 0.15) is 5.76 Å². The molecule has 0 aromatic carbocycles. The molecular formula is C13H21NO2. The third-order valence-corrected chi connectivity index (χ3v) is 1.91. The quantitative estimate of drug-likeness (QED) is 0.371. The minimum Gasteiger partial charge on any atom is -0.494 e. The largest absolute Gasteiger partial charge is 0.494 e. The molecule has 90 valence electrons. The van der Waals surface area contributed by atoms with Gasteiger partial charge >= 0.3 is 0 Å². The number of allylic oxidation sites excluding steroid dienone is 3. The Hall–Kier alpha value is -1.51. The van der Waals surface area contributed by atoms with Crippen molar-refractivity contribution in [3.8, 4) is 0 Å². The lowest BCUT2D eigenvalue weighted by atomic mass is 10.2. The number of carbonyl (C=O) groups excluding carboxylic acids is 1. The maximum Gasteiger partial charge on any atom is 0.217 e. The van der Waals surface area contributed by atoms with E-state index in [2.05, 4.69) is 13.2 Å². The normalized spacial score (nSPS) is 10.3. The minimum absolute atomic E-state index is 0.241. The molecule has 0 aromatic rings. The Kier molecular flexibility index (Phi) is 7.94. The van der Waals surface area contributed by atoms with Crippen molar-refractivity contribution < 1.29 is 9.53 Å². The van der Waals surface area contributed by atoms with Crippen LogP contribution in [0, 0.1) is 0 Å². The Bertz CT molecular complexity index is 280. The van der Waals surface area contributed by atoms with Gasteiger partial charge in [-0.05, 0) is 32.3 Å². The number of amides is 1. The Labute approximate surface area is 97.7 Å². The average Bonchev–Trinajstić information content (AvgIpc) is 2.19. The van der Waals surface area contributed by atoms with E-state index in [-0.39, 0.29) is 5.91 Å². The molecule has 0 aliphatic carbocycles. The van der Waals surface area contributed by atoms with Crippen LogP contribution in [0.3, 0.4) is 0 Å². The van der Waals surface area contributed by atoms with Gasteiger partial charge in [-0.25, -0.2) is 0 Å². The molecule has 0 spiro atoms. The van der Waals surface area contributed by atoms with Gasteiger partial charge in [0, 0.05) is 6.42 Å². The van der Waals surface area contributed by atoms with Crippen molar-refractivity contribution >= 4 is 5.91 Å². The van der Waals surface area contributed by atoms with Crippen LogP contribution in [0.2, 0.25) is 0 Å². The zero-order valence-electron chi connectivity index (χ0n) is 10.00. The standard InChI is InChI=1S/C13H21NO2/c1-11(2)8-9-12(3)16-10-6-4-5-7-13(14)15/h8-9H,1,3-7,10H2,2H3,(H2,14,15)/b9-8-. The van der Waals surface area contributed by atoms with Crippen molar-refractivity contribution in [2.75, 3.05) is 6.61 Å². The van der Waals surface area contributed by atoms with E-state index in [9.17, 15) is 4.79 Å². The van der Waals surface area contributed by atoms with Gasteiger partial charge in [0.2, 0.25) is 5.91 Å². The molecule has 0 aromatic heterocycles. The number of carbonyl (C=O) groups is 1. The Balaban J connectivity index is 3.41. The number of hydrogen-bond acceptors (Lipinski definition) is 2. The fourth-order valence-electron chi connectivity index (χ4n) is 1.06. The fourth-order valence-corrected chi connectivity index (χ4v) is 1.06. The van der Waals surface area contributed by atoms with Crippen LogP contribution >= 0.6 is 0 Å². The lowest BCUT2D eigenvalue weighted by molar-refractivity contribution is -0.118. The van der Waals surface area contributed by atoms with Crippen LogP contribution < -0.4 is 5.73 Å². The summed E-state index contributed by atoms with van der Waals surface area (Å²) in [5.41, 5.74) is 5.99. The molecule has 3 nitrogen and oxygen atoms in total. The van der Waals surface area contributed by atoms with Crippen LogP contribution in [-0.4, -0.2) is 12.5 Å². The monoisotopic (exact) mass is 223 g/mol. The number of ether oxygens (including phenoxy) is 1. The topological polar surface area (TPSA) is 52.3 Å². The molecule has 3 heteroatoms. The molecule has 0 aliphatic heterocycles. The lowest BCUT2D eigenvalue weighted by Crippen LogP contribution is -2.09. The van der Waals surface area contributed by atoms with E-state index < -0.39 is 0 Å². The van der Waals surface area contributed by atoms with Gasteiger partial charge in [0.15, 0.2) is 0 Å². The summed E-state index contributed by atoms with van der Waals surface area (Å²) in [4.78, 5) is 10.4. The summed E-state index contributed by atoms with van der Waals surface area (Å²) in [5.74, 6) is 0.396. The van der Waals surface area contributed by atoms with Crippen molar-refractivity contribution in [1.82, 2.24) is 0 Å². The molecule has 0 rings (SSSR count). The number of rotatable bonds is 9. The highest BCUT2D eigenvalue weighted by Gasteiger charge is 1.95. The molecule has 0 atom stereocenters. The number of unbranched alkanes of at least 4 members (excludes halogenated alkanes) is 2. The van der Waals surface area contributed by atoms with Gasteiger partial charge in [-0.15, -0.1) is 0 Å².